The van der Waals surface area contributed by atoms with E-state index in [-0.39, 0.29) is 5.82 Å². The first kappa shape index (κ1) is 13.6. The molecular formula is C16H12ClFN2O. The van der Waals surface area contributed by atoms with Gasteiger partial charge in [0.25, 0.3) is 0 Å². The number of hydrogen-bond acceptors (Lipinski definition) is 2. The second kappa shape index (κ2) is 5.22. The van der Waals surface area contributed by atoms with E-state index < -0.39 is 0 Å². The molecule has 5 heteroatoms. The molecular weight excluding hydrogens is 291 g/mol. The molecule has 3 rings (SSSR count). The number of aromatic nitrogens is 1. The molecule has 3 nitrogen and oxygen atoms in total. The van der Waals surface area contributed by atoms with Crippen molar-refractivity contribution in [2.75, 3.05) is 0 Å². The van der Waals surface area contributed by atoms with Crippen LogP contribution in [0.1, 0.15) is 12.6 Å². The largest absolute Gasteiger partial charge is 0.411 e. The summed E-state index contributed by atoms with van der Waals surface area (Å²) in [6.07, 6.45) is 0. The third-order valence-electron chi connectivity index (χ3n) is 3.38. The molecule has 0 aliphatic rings. The quantitative estimate of drug-likeness (QED) is 0.418. The van der Waals surface area contributed by atoms with Crippen molar-refractivity contribution in [3.05, 3.63) is 65.1 Å². The van der Waals surface area contributed by atoms with Gasteiger partial charge in [0.2, 0.25) is 0 Å². The third-order valence-corrected chi connectivity index (χ3v) is 3.71. The van der Waals surface area contributed by atoms with Gasteiger partial charge >= 0.3 is 0 Å². The van der Waals surface area contributed by atoms with Crippen molar-refractivity contribution in [1.82, 2.24) is 4.57 Å². The first-order chi connectivity index (χ1) is 10.1. The highest BCUT2D eigenvalue weighted by molar-refractivity contribution is 6.35. The van der Waals surface area contributed by atoms with E-state index in [0.29, 0.717) is 22.1 Å². The maximum absolute atomic E-state index is 13.5. The summed E-state index contributed by atoms with van der Waals surface area (Å²) in [5, 5.41) is 13.7. The lowest BCUT2D eigenvalue weighted by Gasteiger charge is -2.10. The fourth-order valence-electron chi connectivity index (χ4n) is 2.41. The summed E-state index contributed by atoms with van der Waals surface area (Å²) in [4.78, 5) is 0. The maximum atomic E-state index is 13.5. The Labute approximate surface area is 125 Å². The molecule has 21 heavy (non-hydrogen) atoms. The smallest absolute Gasteiger partial charge is 0.125 e. The van der Waals surface area contributed by atoms with E-state index in [1.54, 1.807) is 25.1 Å². The summed E-state index contributed by atoms with van der Waals surface area (Å²) in [6, 6.07) is 13.6. The van der Waals surface area contributed by atoms with E-state index in [4.69, 9.17) is 16.8 Å². The standard InChI is InChI=1S/C16H12ClFN2O/c1-10(19-21)16-9-13-14(17)6-3-7-15(13)20(16)12-5-2-4-11(18)8-12/h2-9,21H,1H3. The molecule has 0 unspecified atom stereocenters. The molecule has 0 saturated carbocycles. The van der Waals surface area contributed by atoms with Crippen LogP contribution >= 0.6 is 11.6 Å². The molecule has 0 aliphatic carbocycles. The summed E-state index contributed by atoms with van der Waals surface area (Å²) >= 11 is 6.22. The van der Waals surface area contributed by atoms with Crippen molar-refractivity contribution < 1.29 is 9.60 Å². The molecule has 2 aromatic carbocycles. The van der Waals surface area contributed by atoms with Gasteiger partial charge in [-0.15, -0.1) is 0 Å². The fourth-order valence-corrected chi connectivity index (χ4v) is 2.63. The van der Waals surface area contributed by atoms with Crippen LogP contribution in [0.25, 0.3) is 16.6 Å². The Bertz CT molecular complexity index is 855. The zero-order valence-electron chi connectivity index (χ0n) is 11.2. The van der Waals surface area contributed by atoms with Gasteiger partial charge in [-0.05, 0) is 43.3 Å². The van der Waals surface area contributed by atoms with Crippen LogP contribution in [0.3, 0.4) is 0 Å². The Morgan fingerprint density at radius 3 is 2.67 bits per heavy atom. The van der Waals surface area contributed by atoms with Crippen LogP contribution < -0.4 is 0 Å². The highest BCUT2D eigenvalue weighted by Crippen LogP contribution is 2.30. The van der Waals surface area contributed by atoms with Gasteiger partial charge in [0.15, 0.2) is 0 Å². The number of hydrogen-bond donors (Lipinski definition) is 1. The summed E-state index contributed by atoms with van der Waals surface area (Å²) in [6.45, 7) is 1.68. The highest BCUT2D eigenvalue weighted by atomic mass is 35.5. The van der Waals surface area contributed by atoms with Gasteiger partial charge in [0, 0.05) is 16.1 Å². The molecule has 0 spiro atoms. The first-order valence-corrected chi connectivity index (χ1v) is 6.74. The number of fused-ring (bicyclic) bond motifs is 1. The van der Waals surface area contributed by atoms with Gasteiger partial charge in [0.1, 0.15) is 11.5 Å². The van der Waals surface area contributed by atoms with Gasteiger partial charge in [-0.1, -0.05) is 28.9 Å². The predicted octanol–water partition coefficient (Wildman–Crippen LogP) is 4.62. The monoisotopic (exact) mass is 302 g/mol. The van der Waals surface area contributed by atoms with Gasteiger partial charge in [-0.25, -0.2) is 4.39 Å². The molecule has 1 N–H and O–H groups in total. The van der Waals surface area contributed by atoms with Crippen molar-refractivity contribution in [3.8, 4) is 5.69 Å². The van der Waals surface area contributed by atoms with Crippen molar-refractivity contribution in [1.29, 1.82) is 0 Å². The lowest BCUT2D eigenvalue weighted by Crippen LogP contribution is -2.05. The van der Waals surface area contributed by atoms with Crippen LogP contribution in [-0.4, -0.2) is 15.5 Å². The Balaban J connectivity index is 2.41. The van der Waals surface area contributed by atoms with Gasteiger partial charge < -0.3 is 9.77 Å². The van der Waals surface area contributed by atoms with Crippen molar-refractivity contribution in [2.24, 2.45) is 5.16 Å². The van der Waals surface area contributed by atoms with Crippen LogP contribution in [-0.2, 0) is 0 Å². The zero-order chi connectivity index (χ0) is 15.0. The molecule has 106 valence electrons. The molecule has 0 radical (unpaired) electrons. The van der Waals surface area contributed by atoms with E-state index in [9.17, 15) is 4.39 Å². The number of halogens is 2. The fraction of sp³-hybridized carbons (Fsp3) is 0.0625. The Kier molecular flexibility index (Phi) is 3.39. The summed E-state index contributed by atoms with van der Waals surface area (Å²) < 4.78 is 15.4. The van der Waals surface area contributed by atoms with Crippen LogP contribution in [0.2, 0.25) is 5.02 Å². The predicted molar refractivity (Wildman–Crippen MR) is 82.2 cm³/mol. The molecule has 0 bridgehead atoms. The Morgan fingerprint density at radius 2 is 1.95 bits per heavy atom. The normalized spacial score (nSPS) is 12.0. The average Bonchev–Trinajstić information content (AvgIpc) is 2.87. The van der Waals surface area contributed by atoms with Gasteiger partial charge in [0.05, 0.1) is 11.2 Å². The van der Waals surface area contributed by atoms with Crippen LogP contribution in [0, 0.1) is 5.82 Å². The summed E-state index contributed by atoms with van der Waals surface area (Å²) in [7, 11) is 0. The minimum Gasteiger partial charge on any atom is -0.411 e. The number of nitrogens with zero attached hydrogens (tertiary/aromatic N) is 2. The molecule has 1 aromatic heterocycles. The van der Waals surface area contributed by atoms with E-state index in [0.717, 1.165) is 10.9 Å². The van der Waals surface area contributed by atoms with E-state index in [1.807, 2.05) is 22.8 Å². The third kappa shape index (κ3) is 2.28. The van der Waals surface area contributed by atoms with Crippen LogP contribution in [0.15, 0.2) is 53.7 Å². The van der Waals surface area contributed by atoms with E-state index in [1.165, 1.54) is 12.1 Å². The van der Waals surface area contributed by atoms with Gasteiger partial charge in [-0.3, -0.25) is 0 Å². The number of oxime groups is 1. The van der Waals surface area contributed by atoms with Crippen molar-refractivity contribution in [3.63, 3.8) is 0 Å². The summed E-state index contributed by atoms with van der Waals surface area (Å²) in [5.41, 5.74) is 2.55. The SMILES string of the molecule is CC(=NO)c1cc2c(Cl)cccc2n1-c1cccc(F)c1. The van der Waals surface area contributed by atoms with Crippen molar-refractivity contribution >= 4 is 28.2 Å². The second-order valence-corrected chi connectivity index (χ2v) is 5.11. The topological polar surface area (TPSA) is 37.5 Å². The first-order valence-electron chi connectivity index (χ1n) is 6.37. The lowest BCUT2D eigenvalue weighted by molar-refractivity contribution is 0.319. The lowest BCUT2D eigenvalue weighted by atomic mass is 10.2. The minimum absolute atomic E-state index is 0.332. The molecule has 3 aromatic rings. The Morgan fingerprint density at radius 1 is 1.19 bits per heavy atom. The zero-order valence-corrected chi connectivity index (χ0v) is 12.0. The number of benzene rings is 2. The molecule has 0 fully saturated rings. The highest BCUT2D eigenvalue weighted by Gasteiger charge is 2.15. The number of rotatable bonds is 2. The van der Waals surface area contributed by atoms with Gasteiger partial charge in [-0.2, -0.15) is 0 Å². The average molecular weight is 303 g/mol. The van der Waals surface area contributed by atoms with Crippen molar-refractivity contribution in [2.45, 2.75) is 6.92 Å². The molecule has 1 heterocycles. The molecule has 0 amide bonds. The molecule has 0 saturated heterocycles. The molecule has 0 atom stereocenters. The maximum Gasteiger partial charge on any atom is 0.125 e. The minimum atomic E-state index is -0.332. The molecule has 0 aliphatic heterocycles. The van der Waals surface area contributed by atoms with E-state index in [2.05, 4.69) is 5.16 Å². The van der Waals surface area contributed by atoms with Crippen LogP contribution in [0.5, 0.6) is 0 Å². The summed E-state index contributed by atoms with van der Waals surface area (Å²) in [5.74, 6) is -0.332. The van der Waals surface area contributed by atoms with Crippen LogP contribution in [0.4, 0.5) is 4.39 Å². The Hall–Kier alpha value is -2.33. The second-order valence-electron chi connectivity index (χ2n) is 4.70. The van der Waals surface area contributed by atoms with E-state index >= 15 is 0 Å².